The first-order chi connectivity index (χ1) is 19.1. The number of amides is 4. The minimum Gasteiger partial charge on any atom is -0.488 e. The van der Waals surface area contributed by atoms with Gasteiger partial charge in [-0.15, -0.1) is 0 Å². The maximum atomic E-state index is 13.3. The molecule has 1 aromatic carbocycles. The van der Waals surface area contributed by atoms with Crippen LogP contribution in [0.15, 0.2) is 18.2 Å². The van der Waals surface area contributed by atoms with Crippen molar-refractivity contribution in [1.29, 1.82) is 0 Å². The molecule has 0 radical (unpaired) electrons. The summed E-state index contributed by atoms with van der Waals surface area (Å²) < 4.78 is 17.6. The fourth-order valence-corrected chi connectivity index (χ4v) is 6.04. The second-order valence-electron chi connectivity index (χ2n) is 13.7. The van der Waals surface area contributed by atoms with Gasteiger partial charge in [-0.3, -0.25) is 19.3 Å². The average Bonchev–Trinajstić information content (AvgIpc) is 3.18. The van der Waals surface area contributed by atoms with E-state index in [4.69, 9.17) is 14.2 Å². The summed E-state index contributed by atoms with van der Waals surface area (Å²) in [7, 11) is -1.30. The van der Waals surface area contributed by atoms with Crippen LogP contribution in [0.2, 0.25) is 25.7 Å². The summed E-state index contributed by atoms with van der Waals surface area (Å²) in [6.45, 7) is 16.1. The molecule has 10 nitrogen and oxygen atoms in total. The van der Waals surface area contributed by atoms with Crippen molar-refractivity contribution in [2.24, 2.45) is 5.92 Å². The molecule has 0 aromatic heterocycles. The van der Waals surface area contributed by atoms with Gasteiger partial charge in [0.25, 0.3) is 11.8 Å². The van der Waals surface area contributed by atoms with Crippen LogP contribution >= 0.6 is 0 Å². The zero-order valence-electron chi connectivity index (χ0n) is 25.5. The molecular weight excluding hydrogens is 542 g/mol. The van der Waals surface area contributed by atoms with Crippen molar-refractivity contribution in [2.75, 3.05) is 26.4 Å². The Morgan fingerprint density at radius 2 is 1.83 bits per heavy atom. The topological polar surface area (TPSA) is 106 Å². The fourth-order valence-electron chi connectivity index (χ4n) is 5.28. The van der Waals surface area contributed by atoms with Crippen molar-refractivity contribution >= 4 is 31.9 Å². The van der Waals surface area contributed by atoms with Gasteiger partial charge in [-0.2, -0.15) is 0 Å². The number of rotatable bonds is 8. The Morgan fingerprint density at radius 1 is 1.10 bits per heavy atom. The smallest absolute Gasteiger partial charge is 0.410 e. The summed E-state index contributed by atoms with van der Waals surface area (Å²) >= 11 is 0. The summed E-state index contributed by atoms with van der Waals surface area (Å²) in [5.74, 6) is -0.0208. The quantitative estimate of drug-likeness (QED) is 0.251. The molecule has 226 valence electrons. The normalized spacial score (nSPS) is 23.6. The van der Waals surface area contributed by atoms with Crippen LogP contribution in [0.25, 0.3) is 0 Å². The molecule has 4 rings (SSSR count). The van der Waals surface area contributed by atoms with Crippen molar-refractivity contribution in [3.05, 3.63) is 29.3 Å². The molecule has 11 heteroatoms. The SMILES string of the molecule is C[C@@H]1CCN(C(=O)OC(C)(C)C)C[C@H]1Oc1ccc2c(c1)CN(C1CCC(=O)N(COCC[Si](C)(C)C)C1=O)C2=O. The molecule has 2 saturated heterocycles. The van der Waals surface area contributed by atoms with Crippen LogP contribution in [0.5, 0.6) is 5.75 Å². The van der Waals surface area contributed by atoms with Gasteiger partial charge in [-0.25, -0.2) is 4.79 Å². The Balaban J connectivity index is 1.39. The van der Waals surface area contributed by atoms with Crippen LogP contribution in [0.1, 0.15) is 62.9 Å². The third-order valence-corrected chi connectivity index (χ3v) is 9.52. The van der Waals surface area contributed by atoms with E-state index in [9.17, 15) is 19.2 Å². The molecule has 0 aliphatic carbocycles. The molecule has 1 aromatic rings. The van der Waals surface area contributed by atoms with E-state index < -0.39 is 19.7 Å². The molecule has 0 N–H and O–H groups in total. The predicted octanol–water partition coefficient (Wildman–Crippen LogP) is 4.50. The Hall–Kier alpha value is -2.92. The van der Waals surface area contributed by atoms with Crippen LogP contribution in [0.3, 0.4) is 0 Å². The first kappa shape index (κ1) is 31.0. The van der Waals surface area contributed by atoms with E-state index in [-0.39, 0.29) is 55.5 Å². The van der Waals surface area contributed by atoms with Gasteiger partial charge >= 0.3 is 6.09 Å². The summed E-state index contributed by atoms with van der Waals surface area (Å²) in [4.78, 5) is 56.2. The van der Waals surface area contributed by atoms with E-state index >= 15 is 0 Å². The third-order valence-electron chi connectivity index (χ3n) is 7.81. The maximum absolute atomic E-state index is 13.3. The molecule has 1 unspecified atom stereocenters. The highest BCUT2D eigenvalue weighted by molar-refractivity contribution is 6.76. The second kappa shape index (κ2) is 12.1. The standard InChI is InChI=1S/C30H45N3O7Si/c1-20-12-13-31(29(37)40-30(2,3)4)18-25(20)39-22-8-9-23-21(16-22)17-32(27(23)35)24-10-11-26(34)33(28(24)36)19-38-14-15-41(5,6)7/h8-9,16,20,24-25H,10-15,17-19H2,1-7H3/t20-,24?,25-/m1/s1. The number of carbonyl (C=O) groups excluding carboxylic acids is 4. The molecule has 0 bridgehead atoms. The average molecular weight is 588 g/mol. The Labute approximate surface area is 244 Å². The monoisotopic (exact) mass is 587 g/mol. The van der Waals surface area contributed by atoms with Gasteiger partial charge < -0.3 is 24.0 Å². The zero-order chi connectivity index (χ0) is 30.1. The molecule has 2 fully saturated rings. The van der Waals surface area contributed by atoms with Crippen LogP contribution in [0, 0.1) is 5.92 Å². The number of fused-ring (bicyclic) bond motifs is 1. The van der Waals surface area contributed by atoms with Crippen LogP contribution in [-0.2, 0) is 25.6 Å². The molecule has 41 heavy (non-hydrogen) atoms. The van der Waals surface area contributed by atoms with Crippen molar-refractivity contribution < 1.29 is 33.4 Å². The van der Waals surface area contributed by atoms with E-state index in [1.54, 1.807) is 21.9 Å². The van der Waals surface area contributed by atoms with Crippen LogP contribution in [-0.4, -0.2) is 90.8 Å². The number of imide groups is 1. The van der Waals surface area contributed by atoms with Crippen molar-refractivity contribution in [3.63, 3.8) is 0 Å². The highest BCUT2D eigenvalue weighted by Crippen LogP contribution is 2.33. The number of ether oxygens (including phenoxy) is 3. The Bertz CT molecular complexity index is 1180. The van der Waals surface area contributed by atoms with Gasteiger partial charge in [0.2, 0.25) is 5.91 Å². The lowest BCUT2D eigenvalue weighted by atomic mass is 9.96. The largest absolute Gasteiger partial charge is 0.488 e. The molecule has 3 aliphatic rings. The highest BCUT2D eigenvalue weighted by Gasteiger charge is 2.43. The molecule has 0 saturated carbocycles. The van der Waals surface area contributed by atoms with Crippen molar-refractivity contribution in [1.82, 2.24) is 14.7 Å². The second-order valence-corrected chi connectivity index (χ2v) is 19.3. The van der Waals surface area contributed by atoms with Gasteiger partial charge in [0.15, 0.2) is 0 Å². The lowest BCUT2D eigenvalue weighted by Crippen LogP contribution is -2.55. The first-order valence-electron chi connectivity index (χ1n) is 14.6. The zero-order valence-corrected chi connectivity index (χ0v) is 26.5. The van der Waals surface area contributed by atoms with Gasteiger partial charge in [-0.1, -0.05) is 26.6 Å². The van der Waals surface area contributed by atoms with E-state index in [0.29, 0.717) is 37.4 Å². The lowest BCUT2D eigenvalue weighted by Gasteiger charge is -2.37. The molecule has 0 spiro atoms. The van der Waals surface area contributed by atoms with Crippen LogP contribution in [0.4, 0.5) is 4.79 Å². The third kappa shape index (κ3) is 7.68. The highest BCUT2D eigenvalue weighted by atomic mass is 28.3. The molecular formula is C30H45N3O7Si. The fraction of sp³-hybridized carbons (Fsp3) is 0.667. The summed E-state index contributed by atoms with van der Waals surface area (Å²) in [6.07, 6.45) is 0.715. The van der Waals surface area contributed by atoms with Crippen molar-refractivity contribution in [2.45, 2.75) is 96.9 Å². The van der Waals surface area contributed by atoms with E-state index in [2.05, 4.69) is 26.6 Å². The number of likely N-dealkylation sites (tertiary alicyclic amines) is 2. The van der Waals surface area contributed by atoms with Gasteiger partial charge in [-0.05, 0) is 69.3 Å². The number of hydrogen-bond donors (Lipinski definition) is 0. The molecule has 3 aliphatic heterocycles. The van der Waals surface area contributed by atoms with Gasteiger partial charge in [0.1, 0.15) is 30.2 Å². The molecule has 3 atom stereocenters. The summed E-state index contributed by atoms with van der Waals surface area (Å²) in [5, 5.41) is 0. The summed E-state index contributed by atoms with van der Waals surface area (Å²) in [6, 6.07) is 5.59. The van der Waals surface area contributed by atoms with E-state index in [1.165, 1.54) is 0 Å². The first-order valence-corrected chi connectivity index (χ1v) is 18.3. The number of piperidine rings is 2. The number of hydrogen-bond acceptors (Lipinski definition) is 7. The number of carbonyl (C=O) groups is 4. The van der Waals surface area contributed by atoms with Gasteiger partial charge in [0, 0.05) is 39.8 Å². The molecule has 3 heterocycles. The summed E-state index contributed by atoms with van der Waals surface area (Å²) in [5.41, 5.74) is 0.745. The van der Waals surface area contributed by atoms with Gasteiger partial charge in [0.05, 0.1) is 6.54 Å². The lowest BCUT2D eigenvalue weighted by molar-refractivity contribution is -0.158. The Kier molecular flexibility index (Phi) is 9.18. The van der Waals surface area contributed by atoms with Crippen LogP contribution < -0.4 is 4.74 Å². The predicted molar refractivity (Wildman–Crippen MR) is 156 cm³/mol. The molecule has 4 amide bonds. The minimum atomic E-state index is -1.30. The maximum Gasteiger partial charge on any atom is 0.410 e. The number of nitrogens with zero attached hydrogens (tertiary/aromatic N) is 3. The minimum absolute atomic E-state index is 0.0779. The Morgan fingerprint density at radius 3 is 2.51 bits per heavy atom. The van der Waals surface area contributed by atoms with Crippen molar-refractivity contribution in [3.8, 4) is 5.75 Å². The van der Waals surface area contributed by atoms with E-state index in [0.717, 1.165) is 22.9 Å². The number of benzene rings is 1. The van der Waals surface area contributed by atoms with E-state index in [1.807, 2.05) is 26.8 Å².